The van der Waals surface area contributed by atoms with Crippen molar-refractivity contribution in [2.24, 2.45) is 0 Å². The van der Waals surface area contributed by atoms with Crippen molar-refractivity contribution >= 4 is 11.7 Å². The summed E-state index contributed by atoms with van der Waals surface area (Å²) in [6.45, 7) is 8.88. The number of rotatable bonds is 8. The first kappa shape index (κ1) is 23.6. The van der Waals surface area contributed by atoms with E-state index in [1.54, 1.807) is 13.2 Å². The number of ether oxygens (including phenoxy) is 2. The number of anilines is 1. The molecule has 170 valence electrons. The van der Waals surface area contributed by atoms with Crippen molar-refractivity contribution in [1.29, 1.82) is 5.26 Å². The minimum Gasteiger partial charge on any atom is -0.487 e. The molecule has 2 heterocycles. The SMILES string of the molecule is COCCC(=O)N1CCN(c2nc(C(C)C)c(OCc3ccccc3)cc2C#N)C[C@H]1C. The predicted molar refractivity (Wildman–Crippen MR) is 124 cm³/mol. The van der Waals surface area contributed by atoms with E-state index in [1.165, 1.54) is 0 Å². The summed E-state index contributed by atoms with van der Waals surface area (Å²) >= 11 is 0. The summed E-state index contributed by atoms with van der Waals surface area (Å²) in [6.07, 6.45) is 0.382. The Labute approximate surface area is 190 Å². The van der Waals surface area contributed by atoms with E-state index >= 15 is 0 Å². The fourth-order valence-electron chi connectivity index (χ4n) is 3.94. The Morgan fingerprint density at radius 2 is 2.03 bits per heavy atom. The van der Waals surface area contributed by atoms with Gasteiger partial charge >= 0.3 is 0 Å². The van der Waals surface area contributed by atoms with Crippen LogP contribution in [0.1, 0.15) is 49.9 Å². The molecule has 1 atom stereocenters. The second kappa shape index (κ2) is 11.0. The molecule has 3 rings (SSSR count). The molecule has 2 aromatic rings. The maximum Gasteiger partial charge on any atom is 0.225 e. The molecule has 0 N–H and O–H groups in total. The molecule has 1 aromatic carbocycles. The molecule has 1 saturated heterocycles. The van der Waals surface area contributed by atoms with E-state index in [-0.39, 0.29) is 17.9 Å². The predicted octanol–water partition coefficient (Wildman–Crippen LogP) is 3.73. The van der Waals surface area contributed by atoms with E-state index in [0.29, 0.717) is 56.4 Å². The Bertz CT molecular complexity index is 956. The minimum absolute atomic E-state index is 0.0259. The summed E-state index contributed by atoms with van der Waals surface area (Å²) < 4.78 is 11.1. The summed E-state index contributed by atoms with van der Waals surface area (Å²) in [5.41, 5.74) is 2.39. The minimum atomic E-state index is 0.0259. The van der Waals surface area contributed by atoms with Crippen molar-refractivity contribution in [3.8, 4) is 11.8 Å². The zero-order valence-electron chi connectivity index (χ0n) is 19.4. The monoisotopic (exact) mass is 436 g/mol. The number of nitrogens with zero attached hydrogens (tertiary/aromatic N) is 4. The lowest BCUT2D eigenvalue weighted by Gasteiger charge is -2.41. The van der Waals surface area contributed by atoms with E-state index in [2.05, 4.69) is 24.8 Å². The molecule has 1 amide bonds. The van der Waals surface area contributed by atoms with Crippen molar-refractivity contribution in [3.05, 3.63) is 53.2 Å². The van der Waals surface area contributed by atoms with Gasteiger partial charge in [0.1, 0.15) is 24.2 Å². The van der Waals surface area contributed by atoms with Crippen LogP contribution in [0, 0.1) is 11.3 Å². The van der Waals surface area contributed by atoms with Gasteiger partial charge in [0.05, 0.1) is 24.3 Å². The van der Waals surface area contributed by atoms with E-state index in [9.17, 15) is 10.1 Å². The van der Waals surface area contributed by atoms with E-state index < -0.39 is 0 Å². The summed E-state index contributed by atoms with van der Waals surface area (Å²) in [6, 6.07) is 14.1. The van der Waals surface area contributed by atoms with E-state index in [4.69, 9.17) is 14.5 Å². The first-order valence-corrected chi connectivity index (χ1v) is 11.1. The van der Waals surface area contributed by atoms with Crippen LogP contribution in [-0.2, 0) is 16.1 Å². The highest BCUT2D eigenvalue weighted by atomic mass is 16.5. The summed E-state index contributed by atoms with van der Waals surface area (Å²) in [4.78, 5) is 21.3. The fourth-order valence-corrected chi connectivity index (χ4v) is 3.94. The van der Waals surface area contributed by atoms with E-state index in [1.807, 2.05) is 42.2 Å². The zero-order valence-corrected chi connectivity index (χ0v) is 19.4. The molecule has 0 aliphatic carbocycles. The molecule has 0 radical (unpaired) electrons. The molecule has 0 bridgehead atoms. The Morgan fingerprint density at radius 1 is 1.28 bits per heavy atom. The van der Waals surface area contributed by atoms with Crippen LogP contribution in [0.25, 0.3) is 0 Å². The Kier molecular flexibility index (Phi) is 8.07. The van der Waals surface area contributed by atoms with Crippen molar-refractivity contribution < 1.29 is 14.3 Å². The average Bonchev–Trinajstić information content (AvgIpc) is 2.81. The number of pyridine rings is 1. The fraction of sp³-hybridized carbons (Fsp3) is 0.480. The van der Waals surface area contributed by atoms with Crippen molar-refractivity contribution in [2.75, 3.05) is 38.3 Å². The van der Waals surface area contributed by atoms with Crippen molar-refractivity contribution in [2.45, 2.75) is 45.8 Å². The number of amides is 1. The van der Waals surface area contributed by atoms with Crippen LogP contribution in [0.2, 0.25) is 0 Å². The second-order valence-electron chi connectivity index (χ2n) is 8.41. The van der Waals surface area contributed by atoms with Gasteiger partial charge in [0.25, 0.3) is 0 Å². The highest BCUT2D eigenvalue weighted by molar-refractivity contribution is 5.77. The van der Waals surface area contributed by atoms with Gasteiger partial charge in [-0.15, -0.1) is 0 Å². The second-order valence-corrected chi connectivity index (χ2v) is 8.41. The van der Waals surface area contributed by atoms with E-state index in [0.717, 1.165) is 11.3 Å². The number of nitriles is 1. The standard InChI is InChI=1S/C25H32N4O3/c1-18(2)24-22(32-17-20-8-6-5-7-9-20)14-21(15-26)25(27-24)28-11-12-29(19(3)16-28)23(30)10-13-31-4/h5-9,14,18-19H,10-13,16-17H2,1-4H3/t19-/m1/s1. The van der Waals surface area contributed by atoms with Crippen molar-refractivity contribution in [1.82, 2.24) is 9.88 Å². The van der Waals surface area contributed by atoms with Crippen LogP contribution in [0.15, 0.2) is 36.4 Å². The normalized spacial score (nSPS) is 16.2. The highest BCUT2D eigenvalue weighted by Gasteiger charge is 2.30. The van der Waals surface area contributed by atoms with Crippen LogP contribution in [0.3, 0.4) is 0 Å². The van der Waals surface area contributed by atoms with Gasteiger partial charge in [0, 0.05) is 38.9 Å². The topological polar surface area (TPSA) is 78.7 Å². The van der Waals surface area contributed by atoms with Gasteiger partial charge < -0.3 is 19.3 Å². The number of hydrogen-bond acceptors (Lipinski definition) is 6. The molecule has 0 unspecified atom stereocenters. The average molecular weight is 437 g/mol. The lowest BCUT2D eigenvalue weighted by atomic mass is 10.1. The Balaban J connectivity index is 1.80. The quantitative estimate of drug-likeness (QED) is 0.627. The highest BCUT2D eigenvalue weighted by Crippen LogP contribution is 2.32. The van der Waals surface area contributed by atoms with Gasteiger partial charge in [-0.25, -0.2) is 4.98 Å². The molecule has 1 aromatic heterocycles. The number of methoxy groups -OCH3 is 1. The summed E-state index contributed by atoms with van der Waals surface area (Å²) in [5, 5.41) is 9.84. The van der Waals surface area contributed by atoms with Crippen molar-refractivity contribution in [3.63, 3.8) is 0 Å². The van der Waals surface area contributed by atoms with Gasteiger partial charge in [0.15, 0.2) is 0 Å². The number of benzene rings is 1. The van der Waals surface area contributed by atoms with Gasteiger partial charge in [-0.05, 0) is 18.4 Å². The molecule has 1 aliphatic heterocycles. The number of carbonyl (C=O) groups excluding carboxylic acids is 1. The number of carbonyl (C=O) groups is 1. The van der Waals surface area contributed by atoms with Gasteiger partial charge in [-0.1, -0.05) is 44.2 Å². The Hall–Kier alpha value is -3.11. The first-order chi connectivity index (χ1) is 15.4. The number of hydrogen-bond donors (Lipinski definition) is 0. The molecule has 32 heavy (non-hydrogen) atoms. The van der Waals surface area contributed by atoms with Gasteiger partial charge in [-0.3, -0.25) is 4.79 Å². The van der Waals surface area contributed by atoms with Crippen LogP contribution in [0.4, 0.5) is 5.82 Å². The van der Waals surface area contributed by atoms with Gasteiger partial charge in [0.2, 0.25) is 5.91 Å². The first-order valence-electron chi connectivity index (χ1n) is 11.1. The molecule has 7 nitrogen and oxygen atoms in total. The lowest BCUT2D eigenvalue weighted by molar-refractivity contribution is -0.134. The smallest absolute Gasteiger partial charge is 0.225 e. The van der Waals surface area contributed by atoms with Gasteiger partial charge in [-0.2, -0.15) is 5.26 Å². The maximum absolute atomic E-state index is 12.5. The molecule has 1 aliphatic rings. The van der Waals surface area contributed by atoms with Crippen LogP contribution in [-0.4, -0.2) is 55.2 Å². The largest absolute Gasteiger partial charge is 0.487 e. The third-order valence-electron chi connectivity index (χ3n) is 5.67. The Morgan fingerprint density at radius 3 is 2.66 bits per heavy atom. The van der Waals surface area contributed by atoms with Crippen LogP contribution < -0.4 is 9.64 Å². The lowest BCUT2D eigenvalue weighted by Crippen LogP contribution is -2.54. The van der Waals surface area contributed by atoms with Crippen LogP contribution >= 0.6 is 0 Å². The maximum atomic E-state index is 12.5. The molecule has 1 fully saturated rings. The third kappa shape index (κ3) is 5.57. The van der Waals surface area contributed by atoms with Crippen LogP contribution in [0.5, 0.6) is 5.75 Å². The zero-order chi connectivity index (χ0) is 23.1. The number of aromatic nitrogens is 1. The molecule has 7 heteroatoms. The molecular formula is C25H32N4O3. The number of piperazine rings is 1. The molecule has 0 saturated carbocycles. The summed E-state index contributed by atoms with van der Waals surface area (Å²) in [5.74, 6) is 1.55. The summed E-state index contributed by atoms with van der Waals surface area (Å²) in [7, 11) is 1.60. The molecule has 0 spiro atoms. The molecular weight excluding hydrogens is 404 g/mol. The third-order valence-corrected chi connectivity index (χ3v) is 5.67.